The smallest absolute Gasteiger partial charge is 0.160 e. The molecule has 1 heterocycles. The number of hydrogen-bond donors (Lipinski definition) is 0. The molecule has 1 aromatic heterocycles. The fourth-order valence-electron chi connectivity index (χ4n) is 9.23. The number of hydrogen-bond acceptors (Lipinski definition) is 2. The van der Waals surface area contributed by atoms with Gasteiger partial charge in [-0.2, -0.15) is 0 Å². The Kier molecular flexibility index (Phi) is 7.26. The molecule has 2 heteroatoms. The first-order chi connectivity index (χ1) is 28.7. The Bertz CT molecular complexity index is 3430. The third kappa shape index (κ3) is 5.19. The molecule has 0 bridgehead atoms. The van der Waals surface area contributed by atoms with Crippen molar-refractivity contribution in [2.75, 3.05) is 0 Å². The lowest BCUT2D eigenvalue weighted by Crippen LogP contribution is -1.96. The van der Waals surface area contributed by atoms with Crippen molar-refractivity contribution < 1.29 is 0 Å². The van der Waals surface area contributed by atoms with Gasteiger partial charge >= 0.3 is 0 Å². The highest BCUT2D eigenvalue weighted by molar-refractivity contribution is 6.20. The Labute approximate surface area is 336 Å². The standard InChI is InChI=1S/C56H34N2/c1-2-11-35(12-3-1)40-17-8-18-42(31-40)52-34-53(43-28-29-46-47-21-9-15-37-16-10-22-48(55(37)47)51(46)33-43)58-56(57-52)39-25-23-38(24-26-39)54-45-20-7-5-14-41(45)32-50-44-19-6-4-13-36(44)27-30-49(50)54/h1-34H. The summed E-state index contributed by atoms with van der Waals surface area (Å²) >= 11 is 0. The summed E-state index contributed by atoms with van der Waals surface area (Å²) in [6.45, 7) is 0. The molecule has 12 rings (SSSR count). The molecule has 0 saturated carbocycles. The fraction of sp³-hybridized carbons (Fsp3) is 0. The van der Waals surface area contributed by atoms with Gasteiger partial charge in [0.25, 0.3) is 0 Å². The Morgan fingerprint density at radius 2 is 0.862 bits per heavy atom. The van der Waals surface area contributed by atoms with Gasteiger partial charge in [0.1, 0.15) is 0 Å². The van der Waals surface area contributed by atoms with Gasteiger partial charge in [0.05, 0.1) is 11.4 Å². The van der Waals surface area contributed by atoms with E-state index in [-0.39, 0.29) is 0 Å². The van der Waals surface area contributed by atoms with Crippen molar-refractivity contribution in [1.29, 1.82) is 0 Å². The summed E-state index contributed by atoms with van der Waals surface area (Å²) in [6, 6.07) is 74.5. The van der Waals surface area contributed by atoms with Crippen LogP contribution in [0.25, 0.3) is 122 Å². The highest BCUT2D eigenvalue weighted by atomic mass is 14.9. The van der Waals surface area contributed by atoms with Crippen molar-refractivity contribution in [3.05, 3.63) is 206 Å². The second-order valence-corrected chi connectivity index (χ2v) is 15.3. The maximum absolute atomic E-state index is 5.33. The van der Waals surface area contributed by atoms with Gasteiger partial charge in [-0.3, -0.25) is 0 Å². The Morgan fingerprint density at radius 1 is 0.259 bits per heavy atom. The predicted octanol–water partition coefficient (Wildman–Crippen LogP) is 15.1. The highest BCUT2D eigenvalue weighted by Crippen LogP contribution is 2.48. The van der Waals surface area contributed by atoms with Gasteiger partial charge in [0, 0.05) is 16.7 Å². The van der Waals surface area contributed by atoms with Crippen LogP contribution in [-0.2, 0) is 0 Å². The zero-order valence-corrected chi connectivity index (χ0v) is 31.5. The van der Waals surface area contributed by atoms with Gasteiger partial charge in [-0.25, -0.2) is 9.97 Å². The normalized spacial score (nSPS) is 11.8. The molecule has 0 N–H and O–H groups in total. The molecule has 10 aromatic carbocycles. The van der Waals surface area contributed by atoms with Gasteiger partial charge < -0.3 is 0 Å². The van der Waals surface area contributed by atoms with E-state index in [0.717, 1.165) is 33.6 Å². The number of fused-ring (bicyclic) bond motifs is 7. The van der Waals surface area contributed by atoms with Crippen molar-refractivity contribution in [3.8, 4) is 78.4 Å². The number of aromatic nitrogens is 2. The lowest BCUT2D eigenvalue weighted by molar-refractivity contribution is 1.18. The fourth-order valence-corrected chi connectivity index (χ4v) is 9.23. The molecule has 0 radical (unpaired) electrons. The Hall–Kier alpha value is -7.68. The highest BCUT2D eigenvalue weighted by Gasteiger charge is 2.22. The number of nitrogens with zero attached hydrogens (tertiary/aromatic N) is 2. The zero-order chi connectivity index (χ0) is 38.2. The topological polar surface area (TPSA) is 25.8 Å². The second-order valence-electron chi connectivity index (χ2n) is 15.3. The van der Waals surface area contributed by atoms with Crippen LogP contribution in [0.15, 0.2) is 206 Å². The van der Waals surface area contributed by atoms with Gasteiger partial charge in [-0.05, 0) is 112 Å². The summed E-state index contributed by atoms with van der Waals surface area (Å²) in [6.07, 6.45) is 0. The van der Waals surface area contributed by atoms with Crippen LogP contribution in [0.4, 0.5) is 0 Å². The van der Waals surface area contributed by atoms with Crippen LogP contribution in [0.5, 0.6) is 0 Å². The molecule has 58 heavy (non-hydrogen) atoms. The number of benzene rings is 10. The first kappa shape index (κ1) is 32.6. The van der Waals surface area contributed by atoms with Crippen molar-refractivity contribution >= 4 is 43.1 Å². The second kappa shape index (κ2) is 12.9. The molecular weight excluding hydrogens is 701 g/mol. The minimum Gasteiger partial charge on any atom is -0.228 e. The SMILES string of the molecule is c1ccc(-c2cccc(-c3cc(-c4ccc5c(c4)-c4cccc6cccc-5c46)nc(-c4ccc(-c5c6ccccc6cc6c5ccc5ccccc56)cc4)n3)c2)cc1. The lowest BCUT2D eigenvalue weighted by Gasteiger charge is -2.15. The van der Waals surface area contributed by atoms with E-state index < -0.39 is 0 Å². The van der Waals surface area contributed by atoms with Crippen LogP contribution in [0, 0.1) is 0 Å². The van der Waals surface area contributed by atoms with Crippen LogP contribution in [0.3, 0.4) is 0 Å². The Balaban J connectivity index is 1.02. The minimum absolute atomic E-state index is 0.698. The summed E-state index contributed by atoms with van der Waals surface area (Å²) in [7, 11) is 0. The van der Waals surface area contributed by atoms with Crippen molar-refractivity contribution in [1.82, 2.24) is 9.97 Å². The predicted molar refractivity (Wildman–Crippen MR) is 244 cm³/mol. The summed E-state index contributed by atoms with van der Waals surface area (Å²) < 4.78 is 0. The van der Waals surface area contributed by atoms with Crippen LogP contribution < -0.4 is 0 Å². The molecule has 0 saturated heterocycles. The first-order valence-electron chi connectivity index (χ1n) is 19.9. The molecule has 0 unspecified atom stereocenters. The van der Waals surface area contributed by atoms with Crippen molar-refractivity contribution in [2.45, 2.75) is 0 Å². The largest absolute Gasteiger partial charge is 0.228 e. The average molecular weight is 735 g/mol. The van der Waals surface area contributed by atoms with Crippen LogP contribution in [0.2, 0.25) is 0 Å². The molecule has 0 spiro atoms. The summed E-state index contributed by atoms with van der Waals surface area (Å²) in [5.41, 5.74) is 14.7. The van der Waals surface area contributed by atoms with E-state index in [9.17, 15) is 0 Å². The summed E-state index contributed by atoms with van der Waals surface area (Å²) in [5.74, 6) is 0.698. The molecule has 0 amide bonds. The van der Waals surface area contributed by atoms with E-state index >= 15 is 0 Å². The van der Waals surface area contributed by atoms with E-state index in [1.807, 2.05) is 0 Å². The third-order valence-electron chi connectivity index (χ3n) is 12.0. The van der Waals surface area contributed by atoms with Gasteiger partial charge in [-0.1, -0.05) is 182 Å². The van der Waals surface area contributed by atoms with Crippen molar-refractivity contribution in [3.63, 3.8) is 0 Å². The monoisotopic (exact) mass is 734 g/mol. The quantitative estimate of drug-likeness (QED) is 0.130. The molecule has 1 aliphatic rings. The van der Waals surface area contributed by atoms with Crippen LogP contribution >= 0.6 is 0 Å². The molecule has 268 valence electrons. The molecule has 1 aliphatic carbocycles. The van der Waals surface area contributed by atoms with E-state index in [4.69, 9.17) is 9.97 Å². The van der Waals surface area contributed by atoms with E-state index in [1.54, 1.807) is 0 Å². The molecule has 11 aromatic rings. The summed E-state index contributed by atoms with van der Waals surface area (Å²) in [5, 5.41) is 10.1. The maximum Gasteiger partial charge on any atom is 0.160 e. The van der Waals surface area contributed by atoms with E-state index in [0.29, 0.717) is 5.82 Å². The molecule has 0 aliphatic heterocycles. The van der Waals surface area contributed by atoms with Crippen LogP contribution in [-0.4, -0.2) is 9.97 Å². The van der Waals surface area contributed by atoms with Crippen molar-refractivity contribution in [2.24, 2.45) is 0 Å². The zero-order valence-electron chi connectivity index (χ0n) is 31.5. The average Bonchev–Trinajstić information content (AvgIpc) is 3.62. The Morgan fingerprint density at radius 3 is 1.67 bits per heavy atom. The first-order valence-corrected chi connectivity index (χ1v) is 19.9. The van der Waals surface area contributed by atoms with E-state index in [2.05, 4.69) is 206 Å². The molecular formula is C56H34N2. The minimum atomic E-state index is 0.698. The van der Waals surface area contributed by atoms with Gasteiger partial charge in [0.2, 0.25) is 0 Å². The summed E-state index contributed by atoms with van der Waals surface area (Å²) in [4.78, 5) is 10.6. The van der Waals surface area contributed by atoms with E-state index in [1.165, 1.54) is 82.0 Å². The lowest BCUT2D eigenvalue weighted by atomic mass is 9.89. The van der Waals surface area contributed by atoms with Crippen LogP contribution in [0.1, 0.15) is 0 Å². The molecule has 2 nitrogen and oxygen atoms in total. The molecule has 0 fully saturated rings. The number of rotatable bonds is 5. The molecule has 0 atom stereocenters. The third-order valence-corrected chi connectivity index (χ3v) is 12.0. The van der Waals surface area contributed by atoms with Gasteiger partial charge in [0.15, 0.2) is 5.82 Å². The maximum atomic E-state index is 5.33. The van der Waals surface area contributed by atoms with Gasteiger partial charge in [-0.15, -0.1) is 0 Å².